The molecule has 38 heavy (non-hydrogen) atoms. The van der Waals surface area contributed by atoms with Crippen LogP contribution in [0.3, 0.4) is 0 Å². The molecule has 0 amide bonds. The highest BCUT2D eigenvalue weighted by Gasteiger charge is 2.34. The Balaban J connectivity index is 1.46. The highest BCUT2D eigenvalue weighted by Crippen LogP contribution is 2.39. The molecule has 0 saturated heterocycles. The zero-order chi connectivity index (χ0) is 26.6. The number of aliphatic hydroxyl groups excluding tert-OH is 1. The van der Waals surface area contributed by atoms with Crippen molar-refractivity contribution in [1.82, 2.24) is 14.5 Å². The van der Waals surface area contributed by atoms with Gasteiger partial charge in [0.1, 0.15) is 18.1 Å². The Morgan fingerprint density at radius 3 is 2.50 bits per heavy atom. The van der Waals surface area contributed by atoms with Crippen molar-refractivity contribution in [3.63, 3.8) is 0 Å². The molecule has 4 aromatic rings. The van der Waals surface area contributed by atoms with Crippen LogP contribution < -0.4 is 15.0 Å². The summed E-state index contributed by atoms with van der Waals surface area (Å²) < 4.78 is 17.5. The van der Waals surface area contributed by atoms with Gasteiger partial charge in [0.05, 0.1) is 43.2 Å². The number of aliphatic hydroxyl groups is 1. The zero-order valence-corrected chi connectivity index (χ0v) is 21.4. The Labute approximate surface area is 218 Å². The van der Waals surface area contributed by atoms with E-state index in [-0.39, 0.29) is 12.2 Å². The number of nitrogens with zero attached hydrogens (tertiary/aromatic N) is 3. The molecule has 6 rings (SSSR count). The maximum atomic E-state index is 13.4. The summed E-state index contributed by atoms with van der Waals surface area (Å²) >= 11 is 0. The molecule has 0 aliphatic carbocycles. The molecule has 2 aromatic carbocycles. The standard InChI is InChI=1S/C29H27N3O6/c1-31(12-16-4-6-17(36-2)7-5-16)13-21-19-10-18(37-3)8-9-24(19)30-26-22(21)14-32-25(26)11-20-23(28(32)34)15-38-29(35)27(20)33/h4-11,27,33H,12-15H2,1-3H3. The first-order chi connectivity index (χ1) is 18.4. The molecule has 2 aliphatic rings. The van der Waals surface area contributed by atoms with Gasteiger partial charge in [0.25, 0.3) is 5.56 Å². The van der Waals surface area contributed by atoms with Crippen LogP contribution in [0.2, 0.25) is 0 Å². The lowest BCUT2D eigenvalue weighted by molar-refractivity contribution is -0.157. The number of carbonyl (C=O) groups excluding carboxylic acids is 1. The van der Waals surface area contributed by atoms with Crippen molar-refractivity contribution in [3.8, 4) is 22.9 Å². The van der Waals surface area contributed by atoms with Gasteiger partial charge in [-0.3, -0.25) is 9.69 Å². The number of methoxy groups -OCH3 is 2. The SMILES string of the molecule is COc1ccc(CN(C)Cc2c3c(nc4ccc(OC)cc24)-c2cc4c(c(=O)n2C3)COC(=O)C4O)cc1. The van der Waals surface area contributed by atoms with Gasteiger partial charge in [-0.05, 0) is 54.6 Å². The molecular formula is C29H27N3O6. The lowest BCUT2D eigenvalue weighted by Gasteiger charge is -2.21. The zero-order valence-electron chi connectivity index (χ0n) is 21.4. The van der Waals surface area contributed by atoms with E-state index in [4.69, 9.17) is 19.2 Å². The normalized spacial score (nSPS) is 15.7. The van der Waals surface area contributed by atoms with Crippen LogP contribution in [0, 0.1) is 0 Å². The summed E-state index contributed by atoms with van der Waals surface area (Å²) in [5, 5.41) is 11.4. The Kier molecular flexibility index (Phi) is 5.89. The monoisotopic (exact) mass is 513 g/mol. The van der Waals surface area contributed by atoms with Crippen molar-refractivity contribution in [2.24, 2.45) is 0 Å². The number of aromatic nitrogens is 2. The quantitative estimate of drug-likeness (QED) is 0.346. The largest absolute Gasteiger partial charge is 0.497 e. The number of pyridine rings is 2. The molecular weight excluding hydrogens is 486 g/mol. The van der Waals surface area contributed by atoms with E-state index in [0.717, 1.165) is 39.1 Å². The topological polar surface area (TPSA) is 103 Å². The fourth-order valence-electron chi connectivity index (χ4n) is 5.36. The third-order valence-electron chi connectivity index (χ3n) is 7.32. The molecule has 0 fully saturated rings. The summed E-state index contributed by atoms with van der Waals surface area (Å²) in [6.07, 6.45) is -1.48. The molecule has 0 spiro atoms. The fraction of sp³-hybridized carbons (Fsp3) is 0.276. The summed E-state index contributed by atoms with van der Waals surface area (Å²) in [5.41, 5.74) is 5.50. The molecule has 2 aromatic heterocycles. The molecule has 194 valence electrons. The van der Waals surface area contributed by atoms with E-state index in [2.05, 4.69) is 11.9 Å². The minimum absolute atomic E-state index is 0.148. The molecule has 9 nitrogen and oxygen atoms in total. The van der Waals surface area contributed by atoms with E-state index < -0.39 is 12.1 Å². The Bertz CT molecular complexity index is 1640. The molecule has 4 heterocycles. The predicted molar refractivity (Wildman–Crippen MR) is 140 cm³/mol. The summed E-state index contributed by atoms with van der Waals surface area (Å²) in [4.78, 5) is 32.6. The second-order valence-corrected chi connectivity index (χ2v) is 9.69. The fourth-order valence-corrected chi connectivity index (χ4v) is 5.36. The van der Waals surface area contributed by atoms with Crippen molar-refractivity contribution < 1.29 is 24.1 Å². The molecule has 1 atom stereocenters. The van der Waals surface area contributed by atoms with Crippen LogP contribution in [0.25, 0.3) is 22.3 Å². The van der Waals surface area contributed by atoms with E-state index in [0.29, 0.717) is 42.1 Å². The van der Waals surface area contributed by atoms with Crippen LogP contribution in [0.1, 0.15) is 33.9 Å². The average Bonchev–Trinajstić information content (AvgIpc) is 3.30. The van der Waals surface area contributed by atoms with Gasteiger partial charge in [0.2, 0.25) is 0 Å². The van der Waals surface area contributed by atoms with Gasteiger partial charge in [-0.25, -0.2) is 9.78 Å². The highest BCUT2D eigenvalue weighted by molar-refractivity contribution is 5.89. The number of cyclic esters (lactones) is 1. The molecule has 9 heteroatoms. The van der Waals surface area contributed by atoms with Crippen molar-refractivity contribution in [2.75, 3.05) is 21.3 Å². The van der Waals surface area contributed by atoms with E-state index in [1.54, 1.807) is 24.9 Å². The first-order valence-corrected chi connectivity index (χ1v) is 12.3. The van der Waals surface area contributed by atoms with Crippen LogP contribution in [-0.4, -0.2) is 46.8 Å². The van der Waals surface area contributed by atoms with E-state index in [9.17, 15) is 14.7 Å². The maximum absolute atomic E-state index is 13.4. The van der Waals surface area contributed by atoms with Gasteiger partial charge in [0, 0.05) is 29.6 Å². The second-order valence-electron chi connectivity index (χ2n) is 9.69. The maximum Gasteiger partial charge on any atom is 0.340 e. The Morgan fingerprint density at radius 2 is 1.76 bits per heavy atom. The van der Waals surface area contributed by atoms with E-state index in [1.165, 1.54) is 0 Å². The minimum Gasteiger partial charge on any atom is -0.497 e. The smallest absolute Gasteiger partial charge is 0.340 e. The number of ether oxygens (including phenoxy) is 3. The molecule has 1 unspecified atom stereocenters. The predicted octanol–water partition coefficient (Wildman–Crippen LogP) is 3.16. The van der Waals surface area contributed by atoms with Crippen LogP contribution >= 0.6 is 0 Å². The van der Waals surface area contributed by atoms with E-state index in [1.807, 2.05) is 42.5 Å². The van der Waals surface area contributed by atoms with Gasteiger partial charge < -0.3 is 23.9 Å². The Morgan fingerprint density at radius 1 is 1.03 bits per heavy atom. The first kappa shape index (κ1) is 24.1. The number of esters is 1. The van der Waals surface area contributed by atoms with Crippen LogP contribution in [0.4, 0.5) is 0 Å². The number of benzene rings is 2. The van der Waals surface area contributed by atoms with Crippen LogP contribution in [0.5, 0.6) is 11.5 Å². The summed E-state index contributed by atoms with van der Waals surface area (Å²) in [6.45, 7) is 1.50. The second kappa shape index (κ2) is 9.27. The number of hydrogen-bond acceptors (Lipinski definition) is 8. The number of hydrogen-bond donors (Lipinski definition) is 1. The first-order valence-electron chi connectivity index (χ1n) is 12.3. The minimum atomic E-state index is -1.48. The Hall–Kier alpha value is -4.21. The summed E-state index contributed by atoms with van der Waals surface area (Å²) in [7, 11) is 5.33. The van der Waals surface area contributed by atoms with Crippen LogP contribution in [-0.2, 0) is 35.8 Å². The number of fused-ring (bicyclic) bond motifs is 5. The van der Waals surface area contributed by atoms with Crippen molar-refractivity contribution in [3.05, 3.63) is 86.7 Å². The number of carbonyl (C=O) groups is 1. The van der Waals surface area contributed by atoms with Gasteiger partial charge in [-0.2, -0.15) is 0 Å². The molecule has 0 saturated carbocycles. The number of rotatable bonds is 6. The van der Waals surface area contributed by atoms with Crippen molar-refractivity contribution >= 4 is 16.9 Å². The van der Waals surface area contributed by atoms with Crippen molar-refractivity contribution in [2.45, 2.75) is 32.3 Å². The molecule has 1 N–H and O–H groups in total. The van der Waals surface area contributed by atoms with Gasteiger partial charge in [0.15, 0.2) is 6.10 Å². The summed E-state index contributed by atoms with van der Waals surface area (Å²) in [6, 6.07) is 15.4. The third-order valence-corrected chi connectivity index (χ3v) is 7.32. The van der Waals surface area contributed by atoms with Gasteiger partial charge >= 0.3 is 5.97 Å². The average molecular weight is 514 g/mol. The summed E-state index contributed by atoms with van der Waals surface area (Å²) in [5.74, 6) is 0.782. The lowest BCUT2D eigenvalue weighted by Crippen LogP contribution is -2.32. The molecule has 0 radical (unpaired) electrons. The van der Waals surface area contributed by atoms with Crippen LogP contribution in [0.15, 0.2) is 53.3 Å². The molecule has 0 bridgehead atoms. The third kappa shape index (κ3) is 3.91. The van der Waals surface area contributed by atoms with Gasteiger partial charge in [-0.15, -0.1) is 0 Å². The molecule has 2 aliphatic heterocycles. The van der Waals surface area contributed by atoms with E-state index >= 15 is 0 Å². The highest BCUT2D eigenvalue weighted by atomic mass is 16.5. The lowest BCUT2D eigenvalue weighted by atomic mass is 9.98. The van der Waals surface area contributed by atoms with Crippen molar-refractivity contribution in [1.29, 1.82) is 0 Å². The van der Waals surface area contributed by atoms with Gasteiger partial charge in [-0.1, -0.05) is 12.1 Å².